The molecule has 0 saturated heterocycles. The maximum Gasteiger partial charge on any atom is 0.340 e. The molecule has 6 heteroatoms. The summed E-state index contributed by atoms with van der Waals surface area (Å²) in [5, 5.41) is 3.37. The topological polar surface area (TPSA) is 81.4 Å². The molecule has 24 heavy (non-hydrogen) atoms. The molecule has 0 atom stereocenters. The van der Waals surface area contributed by atoms with Crippen LogP contribution in [0.5, 0.6) is 0 Å². The Morgan fingerprint density at radius 2 is 1.88 bits per heavy atom. The number of nitrogens with two attached hydrogens (primary N) is 1. The van der Waals surface area contributed by atoms with Gasteiger partial charge in [-0.3, -0.25) is 4.79 Å². The minimum Gasteiger partial charge on any atom is -0.452 e. The van der Waals surface area contributed by atoms with Crippen molar-refractivity contribution in [2.24, 2.45) is 0 Å². The number of hydrogen-bond donors (Lipinski definition) is 2. The van der Waals surface area contributed by atoms with E-state index in [1.165, 1.54) is 0 Å². The molecular weight excluding hydrogens is 328 g/mol. The molecule has 126 valence electrons. The Labute approximate surface area is 145 Å². The second-order valence-electron chi connectivity index (χ2n) is 5.34. The third-order valence-corrected chi connectivity index (χ3v) is 3.78. The van der Waals surface area contributed by atoms with Gasteiger partial charge >= 0.3 is 5.97 Å². The number of hydrogen-bond acceptors (Lipinski definition) is 4. The quantitative estimate of drug-likeness (QED) is 0.622. The Morgan fingerprint density at radius 1 is 1.17 bits per heavy atom. The van der Waals surface area contributed by atoms with Crippen LogP contribution in [0.25, 0.3) is 0 Å². The molecule has 2 aromatic rings. The zero-order valence-electron chi connectivity index (χ0n) is 13.3. The van der Waals surface area contributed by atoms with Crippen LogP contribution < -0.4 is 11.1 Å². The number of halogens is 1. The first-order chi connectivity index (χ1) is 11.5. The standard InChI is InChI=1S/C18H19ClN2O3/c1-12-3-2-4-15(17(12)20)18(23)24-11-16(22)21-10-9-13-5-7-14(19)8-6-13/h2-8H,9-11,20H2,1H3,(H,21,22). The van der Waals surface area contributed by atoms with Crippen LogP contribution in [0, 0.1) is 6.92 Å². The van der Waals surface area contributed by atoms with E-state index in [1.54, 1.807) is 37.3 Å². The first-order valence-corrected chi connectivity index (χ1v) is 7.88. The highest BCUT2D eigenvalue weighted by Crippen LogP contribution is 2.17. The number of carbonyl (C=O) groups is 2. The van der Waals surface area contributed by atoms with E-state index < -0.39 is 5.97 Å². The fraction of sp³-hybridized carbons (Fsp3) is 0.222. The third kappa shape index (κ3) is 4.99. The highest BCUT2D eigenvalue weighted by atomic mass is 35.5. The average molecular weight is 347 g/mol. The van der Waals surface area contributed by atoms with Crippen molar-refractivity contribution in [2.75, 3.05) is 18.9 Å². The Kier molecular flexibility index (Phi) is 6.21. The molecule has 0 unspecified atom stereocenters. The van der Waals surface area contributed by atoms with E-state index in [1.807, 2.05) is 12.1 Å². The van der Waals surface area contributed by atoms with Crippen molar-refractivity contribution in [2.45, 2.75) is 13.3 Å². The van der Waals surface area contributed by atoms with Gasteiger partial charge in [0.15, 0.2) is 6.61 Å². The second kappa shape index (κ2) is 8.36. The van der Waals surface area contributed by atoms with E-state index in [4.69, 9.17) is 22.1 Å². The fourth-order valence-electron chi connectivity index (χ4n) is 2.12. The number of ether oxygens (including phenoxy) is 1. The number of nitrogen functional groups attached to an aromatic ring is 1. The number of nitrogens with one attached hydrogen (secondary N) is 1. The molecule has 0 saturated carbocycles. The van der Waals surface area contributed by atoms with Gasteiger partial charge in [0.1, 0.15) is 0 Å². The van der Waals surface area contributed by atoms with Gasteiger partial charge in [0.05, 0.1) is 5.56 Å². The summed E-state index contributed by atoms with van der Waals surface area (Å²) in [6, 6.07) is 12.5. The lowest BCUT2D eigenvalue weighted by atomic mass is 10.1. The highest BCUT2D eigenvalue weighted by Gasteiger charge is 2.14. The largest absolute Gasteiger partial charge is 0.452 e. The predicted octanol–water partition coefficient (Wildman–Crippen LogP) is 2.75. The van der Waals surface area contributed by atoms with Crippen LogP contribution in [0.2, 0.25) is 5.02 Å². The monoisotopic (exact) mass is 346 g/mol. The summed E-state index contributed by atoms with van der Waals surface area (Å²) < 4.78 is 5.00. The molecule has 0 aliphatic heterocycles. The molecular formula is C18H19ClN2O3. The molecule has 3 N–H and O–H groups in total. The van der Waals surface area contributed by atoms with Crippen LogP contribution >= 0.6 is 11.6 Å². The van der Waals surface area contributed by atoms with Crippen molar-refractivity contribution in [3.05, 3.63) is 64.2 Å². The van der Waals surface area contributed by atoms with Crippen LogP contribution in [-0.2, 0) is 16.0 Å². The highest BCUT2D eigenvalue weighted by molar-refractivity contribution is 6.30. The van der Waals surface area contributed by atoms with E-state index in [-0.39, 0.29) is 18.1 Å². The molecule has 2 rings (SSSR count). The van der Waals surface area contributed by atoms with Gasteiger partial charge in [-0.2, -0.15) is 0 Å². The lowest BCUT2D eigenvalue weighted by molar-refractivity contribution is -0.124. The average Bonchev–Trinajstić information content (AvgIpc) is 2.57. The summed E-state index contributed by atoms with van der Waals surface area (Å²) in [6.45, 7) is 1.91. The predicted molar refractivity (Wildman–Crippen MR) is 94.0 cm³/mol. The van der Waals surface area contributed by atoms with Gasteiger partial charge < -0.3 is 15.8 Å². The molecule has 2 aromatic carbocycles. The number of aryl methyl sites for hydroxylation is 1. The van der Waals surface area contributed by atoms with Gasteiger partial charge in [-0.15, -0.1) is 0 Å². The normalized spacial score (nSPS) is 10.2. The molecule has 0 spiro atoms. The van der Waals surface area contributed by atoms with E-state index in [9.17, 15) is 9.59 Å². The molecule has 0 fully saturated rings. The number of para-hydroxylation sites is 1. The van der Waals surface area contributed by atoms with Crippen molar-refractivity contribution in [1.82, 2.24) is 5.32 Å². The first kappa shape index (κ1) is 17.8. The second-order valence-corrected chi connectivity index (χ2v) is 5.78. The summed E-state index contributed by atoms with van der Waals surface area (Å²) in [5.74, 6) is -0.965. The summed E-state index contributed by atoms with van der Waals surface area (Å²) in [7, 11) is 0. The van der Waals surface area contributed by atoms with Gasteiger partial charge in [-0.1, -0.05) is 35.9 Å². The Bertz CT molecular complexity index is 730. The fourth-order valence-corrected chi connectivity index (χ4v) is 2.24. The maximum absolute atomic E-state index is 12.0. The molecule has 1 amide bonds. The zero-order valence-corrected chi connectivity index (χ0v) is 14.1. The number of esters is 1. The van der Waals surface area contributed by atoms with Crippen molar-refractivity contribution >= 4 is 29.2 Å². The number of benzene rings is 2. The smallest absolute Gasteiger partial charge is 0.340 e. The van der Waals surface area contributed by atoms with Gasteiger partial charge in [0.25, 0.3) is 5.91 Å². The molecule has 0 aromatic heterocycles. The summed E-state index contributed by atoms with van der Waals surface area (Å²) >= 11 is 5.81. The van der Waals surface area contributed by atoms with Crippen molar-refractivity contribution in [3.63, 3.8) is 0 Å². The van der Waals surface area contributed by atoms with Crippen LogP contribution in [-0.4, -0.2) is 25.0 Å². The van der Waals surface area contributed by atoms with Gasteiger partial charge in [-0.05, 0) is 42.7 Å². The lowest BCUT2D eigenvalue weighted by Gasteiger charge is -2.09. The molecule has 0 aliphatic carbocycles. The maximum atomic E-state index is 12.0. The molecule has 5 nitrogen and oxygen atoms in total. The van der Waals surface area contributed by atoms with Gasteiger partial charge in [-0.25, -0.2) is 4.79 Å². The number of rotatable bonds is 6. The summed E-state index contributed by atoms with van der Waals surface area (Å²) in [6.07, 6.45) is 0.668. The van der Waals surface area contributed by atoms with Crippen LogP contribution in [0.3, 0.4) is 0 Å². The van der Waals surface area contributed by atoms with E-state index in [2.05, 4.69) is 5.32 Å². The van der Waals surface area contributed by atoms with E-state index in [0.29, 0.717) is 23.7 Å². The van der Waals surface area contributed by atoms with E-state index in [0.717, 1.165) is 11.1 Å². The minimum atomic E-state index is -0.607. The third-order valence-electron chi connectivity index (χ3n) is 3.53. The number of anilines is 1. The summed E-state index contributed by atoms with van der Waals surface area (Å²) in [5.41, 5.74) is 8.32. The molecule has 0 bridgehead atoms. The van der Waals surface area contributed by atoms with Crippen LogP contribution in [0.15, 0.2) is 42.5 Å². The van der Waals surface area contributed by atoms with Crippen molar-refractivity contribution < 1.29 is 14.3 Å². The molecule has 0 aliphatic rings. The Balaban J connectivity index is 1.75. The Hall–Kier alpha value is -2.53. The van der Waals surface area contributed by atoms with Gasteiger partial charge in [0.2, 0.25) is 0 Å². The number of amides is 1. The van der Waals surface area contributed by atoms with Crippen LogP contribution in [0.4, 0.5) is 5.69 Å². The minimum absolute atomic E-state index is 0.268. The van der Waals surface area contributed by atoms with E-state index >= 15 is 0 Å². The molecule has 0 radical (unpaired) electrons. The van der Waals surface area contributed by atoms with Crippen LogP contribution in [0.1, 0.15) is 21.5 Å². The number of carbonyl (C=O) groups excluding carboxylic acids is 2. The van der Waals surface area contributed by atoms with Gasteiger partial charge in [0, 0.05) is 17.3 Å². The Morgan fingerprint density at radius 3 is 2.58 bits per heavy atom. The zero-order chi connectivity index (χ0) is 17.5. The first-order valence-electron chi connectivity index (χ1n) is 7.50. The van der Waals surface area contributed by atoms with Crippen molar-refractivity contribution in [3.8, 4) is 0 Å². The SMILES string of the molecule is Cc1cccc(C(=O)OCC(=O)NCCc2ccc(Cl)cc2)c1N. The van der Waals surface area contributed by atoms with Crippen molar-refractivity contribution in [1.29, 1.82) is 0 Å². The summed E-state index contributed by atoms with van der Waals surface area (Å²) in [4.78, 5) is 23.7. The molecule has 0 heterocycles. The lowest BCUT2D eigenvalue weighted by Crippen LogP contribution is -2.30.